The molecular formula is C15H16O2. The second kappa shape index (κ2) is 4.91. The summed E-state index contributed by atoms with van der Waals surface area (Å²) in [5.74, 6) is 1.58. The number of methoxy groups -OCH3 is 1. The van der Waals surface area contributed by atoms with Gasteiger partial charge < -0.3 is 9.47 Å². The lowest BCUT2D eigenvalue weighted by atomic mass is 10.1. The highest BCUT2D eigenvalue weighted by Crippen LogP contribution is 2.24. The molecule has 88 valence electrons. The van der Waals surface area contributed by atoms with Gasteiger partial charge in [-0.25, -0.2) is 0 Å². The summed E-state index contributed by atoms with van der Waals surface area (Å²) in [5, 5.41) is 2.31. The molecule has 0 aliphatic rings. The zero-order chi connectivity index (χ0) is 12.3. The third kappa shape index (κ3) is 2.41. The SMILES string of the molecule is C=C(OC)c1ccc2cc(OCC)ccc2c1. The van der Waals surface area contributed by atoms with Gasteiger partial charge in [0.25, 0.3) is 0 Å². The molecule has 0 amide bonds. The van der Waals surface area contributed by atoms with Crippen LogP contribution in [0.2, 0.25) is 0 Å². The Hall–Kier alpha value is -1.96. The van der Waals surface area contributed by atoms with E-state index in [1.165, 1.54) is 0 Å². The van der Waals surface area contributed by atoms with Crippen molar-refractivity contribution < 1.29 is 9.47 Å². The molecule has 17 heavy (non-hydrogen) atoms. The van der Waals surface area contributed by atoms with Crippen LogP contribution in [0.3, 0.4) is 0 Å². The second-order valence-corrected chi connectivity index (χ2v) is 3.78. The van der Waals surface area contributed by atoms with Gasteiger partial charge in [-0.3, -0.25) is 0 Å². The normalized spacial score (nSPS) is 10.2. The smallest absolute Gasteiger partial charge is 0.119 e. The summed E-state index contributed by atoms with van der Waals surface area (Å²) in [5.41, 5.74) is 1.00. The van der Waals surface area contributed by atoms with Crippen molar-refractivity contribution in [2.45, 2.75) is 6.92 Å². The zero-order valence-electron chi connectivity index (χ0n) is 10.2. The van der Waals surface area contributed by atoms with Crippen LogP contribution in [0, 0.1) is 0 Å². The number of benzene rings is 2. The van der Waals surface area contributed by atoms with Crippen molar-refractivity contribution in [2.75, 3.05) is 13.7 Å². The molecule has 0 radical (unpaired) electrons. The van der Waals surface area contributed by atoms with Gasteiger partial charge in [-0.2, -0.15) is 0 Å². The number of rotatable bonds is 4. The molecule has 2 rings (SSSR count). The fourth-order valence-corrected chi connectivity index (χ4v) is 1.77. The van der Waals surface area contributed by atoms with Crippen LogP contribution in [0.15, 0.2) is 43.0 Å². The van der Waals surface area contributed by atoms with E-state index in [-0.39, 0.29) is 0 Å². The summed E-state index contributed by atoms with van der Waals surface area (Å²) >= 11 is 0. The summed E-state index contributed by atoms with van der Waals surface area (Å²) in [7, 11) is 1.63. The van der Waals surface area contributed by atoms with Crippen molar-refractivity contribution >= 4 is 16.5 Å². The van der Waals surface area contributed by atoms with E-state index in [0.29, 0.717) is 12.4 Å². The maximum absolute atomic E-state index is 5.47. The van der Waals surface area contributed by atoms with Crippen LogP contribution in [-0.2, 0) is 4.74 Å². The highest BCUT2D eigenvalue weighted by Gasteiger charge is 2.01. The van der Waals surface area contributed by atoms with Gasteiger partial charge in [0, 0.05) is 5.56 Å². The average molecular weight is 228 g/mol. The molecule has 2 nitrogen and oxygen atoms in total. The van der Waals surface area contributed by atoms with Crippen molar-refractivity contribution in [1.29, 1.82) is 0 Å². The van der Waals surface area contributed by atoms with Crippen LogP contribution in [0.25, 0.3) is 16.5 Å². The van der Waals surface area contributed by atoms with E-state index in [4.69, 9.17) is 9.47 Å². The van der Waals surface area contributed by atoms with Gasteiger partial charge in [-0.1, -0.05) is 24.8 Å². The molecule has 2 heteroatoms. The first-order valence-corrected chi connectivity index (χ1v) is 5.64. The minimum Gasteiger partial charge on any atom is -0.497 e. The lowest BCUT2D eigenvalue weighted by molar-refractivity contribution is 0.341. The van der Waals surface area contributed by atoms with Gasteiger partial charge >= 0.3 is 0 Å². The average Bonchev–Trinajstić information content (AvgIpc) is 2.37. The molecule has 0 atom stereocenters. The van der Waals surface area contributed by atoms with E-state index in [1.807, 2.05) is 31.2 Å². The van der Waals surface area contributed by atoms with Gasteiger partial charge in [-0.05, 0) is 35.9 Å². The predicted molar refractivity (Wildman–Crippen MR) is 71.2 cm³/mol. The van der Waals surface area contributed by atoms with E-state index in [9.17, 15) is 0 Å². The van der Waals surface area contributed by atoms with Gasteiger partial charge in [0.1, 0.15) is 11.5 Å². The van der Waals surface area contributed by atoms with Crippen LogP contribution >= 0.6 is 0 Å². The van der Waals surface area contributed by atoms with Crippen LogP contribution in [0.1, 0.15) is 12.5 Å². The van der Waals surface area contributed by atoms with E-state index in [0.717, 1.165) is 22.1 Å². The monoisotopic (exact) mass is 228 g/mol. The maximum Gasteiger partial charge on any atom is 0.119 e. The molecule has 0 unspecified atom stereocenters. The predicted octanol–water partition coefficient (Wildman–Crippen LogP) is 3.86. The molecule has 0 fully saturated rings. The van der Waals surface area contributed by atoms with Crippen LogP contribution in [0.4, 0.5) is 0 Å². The van der Waals surface area contributed by atoms with E-state index < -0.39 is 0 Å². The zero-order valence-corrected chi connectivity index (χ0v) is 10.2. The Morgan fingerprint density at radius 3 is 2.53 bits per heavy atom. The summed E-state index contributed by atoms with van der Waals surface area (Å²) in [6, 6.07) is 12.2. The molecule has 2 aromatic rings. The molecule has 0 aliphatic carbocycles. The number of fused-ring (bicyclic) bond motifs is 1. The third-order valence-corrected chi connectivity index (χ3v) is 2.69. The molecule has 0 aromatic heterocycles. The van der Waals surface area contributed by atoms with E-state index >= 15 is 0 Å². The fraction of sp³-hybridized carbons (Fsp3) is 0.200. The quantitative estimate of drug-likeness (QED) is 0.740. The van der Waals surface area contributed by atoms with Crippen LogP contribution in [0.5, 0.6) is 5.75 Å². The summed E-state index contributed by atoms with van der Waals surface area (Å²) in [6.45, 7) is 6.52. The Kier molecular flexibility index (Phi) is 3.33. The first-order chi connectivity index (χ1) is 8.24. The number of hydrogen-bond acceptors (Lipinski definition) is 2. The first kappa shape index (κ1) is 11.5. The lowest BCUT2D eigenvalue weighted by Gasteiger charge is -2.07. The van der Waals surface area contributed by atoms with Gasteiger partial charge in [0.2, 0.25) is 0 Å². The standard InChI is InChI=1S/C15H16O2/c1-4-17-15-8-7-13-9-12(11(2)16-3)5-6-14(13)10-15/h5-10H,2,4H2,1,3H3. The fourth-order valence-electron chi connectivity index (χ4n) is 1.77. The Balaban J connectivity index is 2.43. The van der Waals surface area contributed by atoms with Crippen molar-refractivity contribution in [3.05, 3.63) is 48.5 Å². The van der Waals surface area contributed by atoms with Gasteiger partial charge in [0.15, 0.2) is 0 Å². The van der Waals surface area contributed by atoms with E-state index in [2.05, 4.69) is 18.7 Å². The molecule has 0 heterocycles. The number of ether oxygens (including phenoxy) is 2. The summed E-state index contributed by atoms with van der Waals surface area (Å²) < 4.78 is 10.6. The molecule has 0 saturated carbocycles. The van der Waals surface area contributed by atoms with Crippen LogP contribution in [-0.4, -0.2) is 13.7 Å². The number of hydrogen-bond donors (Lipinski definition) is 0. The topological polar surface area (TPSA) is 18.5 Å². The Morgan fingerprint density at radius 1 is 1.12 bits per heavy atom. The van der Waals surface area contributed by atoms with Crippen molar-refractivity contribution in [3.63, 3.8) is 0 Å². The van der Waals surface area contributed by atoms with Gasteiger partial charge in [0.05, 0.1) is 13.7 Å². The summed E-state index contributed by atoms with van der Waals surface area (Å²) in [4.78, 5) is 0. The molecule has 0 aliphatic heterocycles. The van der Waals surface area contributed by atoms with Crippen molar-refractivity contribution in [3.8, 4) is 5.75 Å². The molecule has 0 saturated heterocycles. The molecule has 2 aromatic carbocycles. The Bertz CT molecular complexity index is 544. The minimum atomic E-state index is 0.681. The Morgan fingerprint density at radius 2 is 1.82 bits per heavy atom. The summed E-state index contributed by atoms with van der Waals surface area (Å²) in [6.07, 6.45) is 0. The van der Waals surface area contributed by atoms with Crippen molar-refractivity contribution in [1.82, 2.24) is 0 Å². The molecular weight excluding hydrogens is 212 g/mol. The lowest BCUT2D eigenvalue weighted by Crippen LogP contribution is -1.91. The highest BCUT2D eigenvalue weighted by atomic mass is 16.5. The Labute approximate surface area is 101 Å². The third-order valence-electron chi connectivity index (χ3n) is 2.69. The molecule has 0 bridgehead atoms. The second-order valence-electron chi connectivity index (χ2n) is 3.78. The minimum absolute atomic E-state index is 0.681. The first-order valence-electron chi connectivity index (χ1n) is 5.64. The highest BCUT2D eigenvalue weighted by molar-refractivity contribution is 5.86. The molecule has 0 spiro atoms. The largest absolute Gasteiger partial charge is 0.497 e. The van der Waals surface area contributed by atoms with Crippen molar-refractivity contribution in [2.24, 2.45) is 0 Å². The molecule has 0 N–H and O–H groups in total. The van der Waals surface area contributed by atoms with E-state index in [1.54, 1.807) is 7.11 Å². The van der Waals surface area contributed by atoms with Crippen LogP contribution < -0.4 is 4.74 Å². The van der Waals surface area contributed by atoms with Gasteiger partial charge in [-0.15, -0.1) is 0 Å². The maximum atomic E-state index is 5.47.